The van der Waals surface area contributed by atoms with Gasteiger partial charge in [-0.15, -0.1) is 0 Å². The summed E-state index contributed by atoms with van der Waals surface area (Å²) in [6, 6.07) is 65.2. The molecule has 0 aliphatic heterocycles. The van der Waals surface area contributed by atoms with E-state index in [2.05, 4.69) is 164 Å². The lowest BCUT2D eigenvalue weighted by Gasteiger charge is -2.13. The van der Waals surface area contributed by atoms with Crippen LogP contribution in [0, 0.1) is 0 Å². The van der Waals surface area contributed by atoms with Gasteiger partial charge < -0.3 is 0 Å². The third kappa shape index (κ3) is 6.05. The quantitative estimate of drug-likeness (QED) is 0.179. The van der Waals surface area contributed by atoms with E-state index < -0.39 is 0 Å². The third-order valence-corrected chi connectivity index (χ3v) is 8.56. The van der Waals surface area contributed by atoms with Crippen LogP contribution in [0.2, 0.25) is 0 Å². The first kappa shape index (κ1) is 29.0. The molecule has 8 aromatic rings. The molecule has 0 saturated heterocycles. The number of nitrogens with zero attached hydrogens (tertiary/aromatic N) is 3. The molecular weight excluding hydrogens is 583 g/mol. The van der Waals surface area contributed by atoms with Gasteiger partial charge in [-0.25, -0.2) is 15.0 Å². The van der Waals surface area contributed by atoms with Crippen molar-refractivity contribution in [1.29, 1.82) is 0 Å². The molecule has 0 bridgehead atoms. The zero-order valence-corrected chi connectivity index (χ0v) is 26.2. The highest BCUT2D eigenvalue weighted by Crippen LogP contribution is 2.34. The van der Waals surface area contributed by atoms with Gasteiger partial charge in [-0.2, -0.15) is 0 Å². The molecule has 0 fully saturated rings. The SMILES string of the molecule is c1ccc(-c2ccc(-c3nc(-c4cccc(-c5cccc(-c6ccccc6)c5)c4)nc(-c4ccccc4-c4ccccc4)n3)cc2)cc1. The molecule has 3 heteroatoms. The summed E-state index contributed by atoms with van der Waals surface area (Å²) in [5.41, 5.74) is 11.9. The second-order valence-corrected chi connectivity index (χ2v) is 11.7. The minimum absolute atomic E-state index is 0.631. The fourth-order valence-electron chi connectivity index (χ4n) is 6.09. The molecule has 48 heavy (non-hydrogen) atoms. The fraction of sp³-hybridized carbons (Fsp3) is 0. The zero-order chi connectivity index (χ0) is 32.1. The lowest BCUT2D eigenvalue weighted by atomic mass is 9.97. The second-order valence-electron chi connectivity index (χ2n) is 11.7. The number of rotatable bonds is 7. The van der Waals surface area contributed by atoms with Gasteiger partial charge in [0.1, 0.15) is 0 Å². The van der Waals surface area contributed by atoms with Crippen molar-refractivity contribution in [3.05, 3.63) is 188 Å². The van der Waals surface area contributed by atoms with Crippen LogP contribution in [0.25, 0.3) is 78.7 Å². The molecule has 0 atom stereocenters. The van der Waals surface area contributed by atoms with Gasteiger partial charge in [-0.1, -0.05) is 176 Å². The number of hydrogen-bond acceptors (Lipinski definition) is 3. The third-order valence-electron chi connectivity index (χ3n) is 8.56. The molecule has 0 N–H and O–H groups in total. The summed E-state index contributed by atoms with van der Waals surface area (Å²) < 4.78 is 0. The largest absolute Gasteiger partial charge is 0.208 e. The van der Waals surface area contributed by atoms with Gasteiger partial charge >= 0.3 is 0 Å². The Kier molecular flexibility index (Phi) is 7.92. The van der Waals surface area contributed by atoms with Crippen molar-refractivity contribution in [2.24, 2.45) is 0 Å². The summed E-state index contributed by atoms with van der Waals surface area (Å²) in [6.07, 6.45) is 0. The van der Waals surface area contributed by atoms with Crippen molar-refractivity contribution >= 4 is 0 Å². The van der Waals surface area contributed by atoms with Crippen LogP contribution < -0.4 is 0 Å². The van der Waals surface area contributed by atoms with E-state index in [9.17, 15) is 0 Å². The Morgan fingerprint density at radius 1 is 0.208 bits per heavy atom. The van der Waals surface area contributed by atoms with Crippen LogP contribution in [0.1, 0.15) is 0 Å². The maximum Gasteiger partial charge on any atom is 0.164 e. The van der Waals surface area contributed by atoms with Gasteiger partial charge in [0, 0.05) is 16.7 Å². The zero-order valence-electron chi connectivity index (χ0n) is 26.2. The van der Waals surface area contributed by atoms with Crippen LogP contribution in [0.15, 0.2) is 188 Å². The van der Waals surface area contributed by atoms with Gasteiger partial charge in [0.05, 0.1) is 0 Å². The minimum Gasteiger partial charge on any atom is -0.208 e. The first-order valence-corrected chi connectivity index (χ1v) is 16.1. The summed E-state index contributed by atoms with van der Waals surface area (Å²) in [4.78, 5) is 15.3. The van der Waals surface area contributed by atoms with Crippen LogP contribution in [0.5, 0.6) is 0 Å². The Hall–Kier alpha value is -6.45. The summed E-state index contributed by atoms with van der Waals surface area (Å²) in [5, 5.41) is 0. The van der Waals surface area contributed by atoms with Crippen LogP contribution in [0.4, 0.5) is 0 Å². The molecule has 0 aliphatic carbocycles. The van der Waals surface area contributed by atoms with E-state index in [1.807, 2.05) is 24.3 Å². The smallest absolute Gasteiger partial charge is 0.164 e. The van der Waals surface area contributed by atoms with Crippen LogP contribution in [0.3, 0.4) is 0 Å². The monoisotopic (exact) mass is 613 g/mol. The molecule has 0 saturated carbocycles. The number of aromatic nitrogens is 3. The predicted molar refractivity (Wildman–Crippen MR) is 198 cm³/mol. The van der Waals surface area contributed by atoms with Crippen LogP contribution in [-0.4, -0.2) is 15.0 Å². The van der Waals surface area contributed by atoms with Crippen molar-refractivity contribution < 1.29 is 0 Å². The van der Waals surface area contributed by atoms with E-state index >= 15 is 0 Å². The molecular formula is C45H31N3. The predicted octanol–water partition coefficient (Wildman–Crippen LogP) is 11.5. The molecule has 8 rings (SSSR count). The van der Waals surface area contributed by atoms with Crippen molar-refractivity contribution in [3.63, 3.8) is 0 Å². The summed E-state index contributed by atoms with van der Waals surface area (Å²) in [5.74, 6) is 1.90. The Morgan fingerprint density at radius 2 is 0.562 bits per heavy atom. The fourth-order valence-corrected chi connectivity index (χ4v) is 6.09. The standard InChI is InChI=1S/C45H31N3/c1-4-14-32(15-5-1)34-26-28-36(29-27-34)43-46-44(48-45(47-43)42-25-11-10-24-41(42)35-18-8-3-9-19-35)40-23-13-22-39(31-40)38-21-12-20-37(30-38)33-16-6-2-7-17-33/h1-31H. The maximum atomic E-state index is 5.13. The topological polar surface area (TPSA) is 38.7 Å². The van der Waals surface area contributed by atoms with Crippen molar-refractivity contribution in [2.75, 3.05) is 0 Å². The molecule has 7 aromatic carbocycles. The molecule has 1 heterocycles. The second kappa shape index (κ2) is 13.1. The van der Waals surface area contributed by atoms with Crippen LogP contribution in [-0.2, 0) is 0 Å². The van der Waals surface area contributed by atoms with Gasteiger partial charge in [0.2, 0.25) is 0 Å². The van der Waals surface area contributed by atoms with E-state index in [0.29, 0.717) is 17.5 Å². The summed E-state index contributed by atoms with van der Waals surface area (Å²) in [6.45, 7) is 0. The minimum atomic E-state index is 0.631. The molecule has 1 aromatic heterocycles. The summed E-state index contributed by atoms with van der Waals surface area (Å²) in [7, 11) is 0. The van der Waals surface area contributed by atoms with E-state index in [4.69, 9.17) is 15.0 Å². The van der Waals surface area contributed by atoms with Gasteiger partial charge in [0.25, 0.3) is 0 Å². The highest BCUT2D eigenvalue weighted by atomic mass is 15.0. The number of benzene rings is 7. The molecule has 0 aliphatic rings. The molecule has 0 spiro atoms. The summed E-state index contributed by atoms with van der Waals surface area (Å²) >= 11 is 0. The van der Waals surface area contributed by atoms with E-state index in [1.165, 1.54) is 16.7 Å². The Morgan fingerprint density at radius 3 is 1.17 bits per heavy atom. The number of hydrogen-bond donors (Lipinski definition) is 0. The molecule has 3 nitrogen and oxygen atoms in total. The van der Waals surface area contributed by atoms with E-state index in [0.717, 1.165) is 44.5 Å². The molecule has 0 radical (unpaired) electrons. The molecule has 0 unspecified atom stereocenters. The Bertz CT molecular complexity index is 2310. The van der Waals surface area contributed by atoms with E-state index in [-0.39, 0.29) is 0 Å². The van der Waals surface area contributed by atoms with Crippen LogP contribution >= 0.6 is 0 Å². The highest BCUT2D eigenvalue weighted by molar-refractivity contribution is 5.82. The van der Waals surface area contributed by atoms with Crippen molar-refractivity contribution in [2.45, 2.75) is 0 Å². The molecule has 0 amide bonds. The average Bonchev–Trinajstić information content (AvgIpc) is 3.19. The molecule has 226 valence electrons. The van der Waals surface area contributed by atoms with Gasteiger partial charge in [-0.05, 0) is 56.6 Å². The average molecular weight is 614 g/mol. The lowest BCUT2D eigenvalue weighted by molar-refractivity contribution is 1.07. The van der Waals surface area contributed by atoms with Crippen molar-refractivity contribution in [1.82, 2.24) is 15.0 Å². The Balaban J connectivity index is 1.25. The first-order chi connectivity index (χ1) is 23.8. The van der Waals surface area contributed by atoms with Gasteiger partial charge in [-0.3, -0.25) is 0 Å². The lowest BCUT2D eigenvalue weighted by Crippen LogP contribution is -2.01. The van der Waals surface area contributed by atoms with E-state index in [1.54, 1.807) is 0 Å². The Labute approximate surface area is 280 Å². The van der Waals surface area contributed by atoms with Crippen molar-refractivity contribution in [3.8, 4) is 78.7 Å². The highest BCUT2D eigenvalue weighted by Gasteiger charge is 2.16. The first-order valence-electron chi connectivity index (χ1n) is 16.1. The van der Waals surface area contributed by atoms with Gasteiger partial charge in [0.15, 0.2) is 17.5 Å². The maximum absolute atomic E-state index is 5.13. The normalized spacial score (nSPS) is 10.9.